The Morgan fingerprint density at radius 1 is 1.60 bits per heavy atom. The first-order valence-electron chi connectivity index (χ1n) is 5.03. The van der Waals surface area contributed by atoms with E-state index in [9.17, 15) is 4.79 Å². The Morgan fingerprint density at radius 2 is 2.33 bits per heavy atom. The third-order valence-corrected chi connectivity index (χ3v) is 4.78. The van der Waals surface area contributed by atoms with Crippen LogP contribution in [0.5, 0.6) is 0 Å². The lowest BCUT2D eigenvalue weighted by Crippen LogP contribution is -2.19. The predicted molar refractivity (Wildman–Crippen MR) is 64.7 cm³/mol. The Morgan fingerprint density at radius 3 is 2.80 bits per heavy atom. The Balaban J connectivity index is 2.14. The third kappa shape index (κ3) is 2.32. The van der Waals surface area contributed by atoms with Gasteiger partial charge in [0.15, 0.2) is 0 Å². The zero-order chi connectivity index (χ0) is 11.0. The third-order valence-electron chi connectivity index (χ3n) is 2.62. The van der Waals surface area contributed by atoms with Crippen LogP contribution >= 0.6 is 27.3 Å². The first kappa shape index (κ1) is 11.3. The molecule has 2 heterocycles. The van der Waals surface area contributed by atoms with Gasteiger partial charge in [-0.1, -0.05) is 0 Å². The standard InChI is InChI=1S/C11H13BrO2S/c1-6-5-9(15-11(6)12)10(13)8-4-3-7(2)14-8/h5,7-8H,3-4H2,1-2H3. The van der Waals surface area contributed by atoms with E-state index in [-0.39, 0.29) is 18.0 Å². The second-order valence-electron chi connectivity index (χ2n) is 3.94. The molecule has 0 N–H and O–H groups in total. The van der Waals surface area contributed by atoms with Gasteiger partial charge >= 0.3 is 0 Å². The molecular formula is C11H13BrO2S. The number of aryl methyl sites for hydroxylation is 1. The Labute approximate surface area is 102 Å². The molecule has 1 saturated heterocycles. The van der Waals surface area contributed by atoms with Crippen LogP contribution in [0, 0.1) is 6.92 Å². The summed E-state index contributed by atoms with van der Waals surface area (Å²) in [5, 5.41) is 0. The van der Waals surface area contributed by atoms with Crippen molar-refractivity contribution in [1.29, 1.82) is 0 Å². The Bertz CT molecular complexity index is 366. The molecule has 2 nitrogen and oxygen atoms in total. The number of carbonyl (C=O) groups excluding carboxylic acids is 1. The van der Waals surface area contributed by atoms with Crippen molar-refractivity contribution in [2.75, 3.05) is 0 Å². The van der Waals surface area contributed by atoms with E-state index in [1.807, 2.05) is 19.9 Å². The minimum atomic E-state index is -0.218. The van der Waals surface area contributed by atoms with Crippen LogP contribution in [-0.4, -0.2) is 18.0 Å². The van der Waals surface area contributed by atoms with Crippen molar-refractivity contribution in [3.05, 3.63) is 20.3 Å². The predicted octanol–water partition coefficient (Wildman–Crippen LogP) is 3.57. The molecule has 1 aliphatic rings. The molecule has 15 heavy (non-hydrogen) atoms. The molecule has 4 heteroatoms. The molecule has 0 radical (unpaired) electrons. The fraction of sp³-hybridized carbons (Fsp3) is 0.545. The number of ether oxygens (including phenoxy) is 1. The van der Waals surface area contributed by atoms with E-state index >= 15 is 0 Å². The highest BCUT2D eigenvalue weighted by atomic mass is 79.9. The van der Waals surface area contributed by atoms with Crippen molar-refractivity contribution in [3.63, 3.8) is 0 Å². The minimum Gasteiger partial charge on any atom is -0.367 e. The van der Waals surface area contributed by atoms with Crippen LogP contribution in [-0.2, 0) is 4.74 Å². The van der Waals surface area contributed by atoms with Crippen LogP contribution in [0.25, 0.3) is 0 Å². The van der Waals surface area contributed by atoms with E-state index < -0.39 is 0 Å². The lowest BCUT2D eigenvalue weighted by atomic mass is 10.1. The lowest BCUT2D eigenvalue weighted by Gasteiger charge is -2.07. The second-order valence-corrected chi connectivity index (χ2v) is 6.31. The lowest BCUT2D eigenvalue weighted by molar-refractivity contribution is 0.0437. The molecule has 0 aromatic carbocycles. The molecule has 0 aliphatic carbocycles. The zero-order valence-corrected chi connectivity index (χ0v) is 11.2. The van der Waals surface area contributed by atoms with Gasteiger partial charge in [-0.15, -0.1) is 11.3 Å². The highest BCUT2D eigenvalue weighted by molar-refractivity contribution is 9.11. The monoisotopic (exact) mass is 288 g/mol. The number of rotatable bonds is 2. The Hall–Kier alpha value is -0.190. The number of hydrogen-bond acceptors (Lipinski definition) is 3. The van der Waals surface area contributed by atoms with E-state index in [4.69, 9.17) is 4.74 Å². The van der Waals surface area contributed by atoms with Gasteiger partial charge in [0.1, 0.15) is 6.10 Å². The summed E-state index contributed by atoms with van der Waals surface area (Å²) in [5.41, 5.74) is 1.12. The molecule has 1 aromatic heterocycles. The van der Waals surface area contributed by atoms with Gasteiger partial charge < -0.3 is 4.74 Å². The molecule has 2 rings (SSSR count). The molecule has 0 spiro atoms. The van der Waals surface area contributed by atoms with Gasteiger partial charge in [0.25, 0.3) is 0 Å². The maximum absolute atomic E-state index is 12.0. The van der Waals surface area contributed by atoms with Crippen LogP contribution in [0.15, 0.2) is 9.85 Å². The van der Waals surface area contributed by atoms with Gasteiger partial charge in [-0.05, 0) is 54.2 Å². The molecule has 1 fully saturated rings. The van der Waals surface area contributed by atoms with Gasteiger partial charge in [-0.2, -0.15) is 0 Å². The topological polar surface area (TPSA) is 26.3 Å². The molecule has 2 atom stereocenters. The first-order valence-corrected chi connectivity index (χ1v) is 6.64. The summed E-state index contributed by atoms with van der Waals surface area (Å²) in [7, 11) is 0. The summed E-state index contributed by atoms with van der Waals surface area (Å²) < 4.78 is 6.61. The van der Waals surface area contributed by atoms with Gasteiger partial charge in [0.05, 0.1) is 14.8 Å². The molecular weight excluding hydrogens is 276 g/mol. The SMILES string of the molecule is Cc1cc(C(=O)C2CCC(C)O2)sc1Br. The minimum absolute atomic E-state index is 0.137. The van der Waals surface area contributed by atoms with Gasteiger partial charge in [0, 0.05) is 0 Å². The fourth-order valence-corrected chi connectivity index (χ4v) is 3.25. The molecule has 1 aromatic rings. The van der Waals surface area contributed by atoms with E-state index in [1.165, 1.54) is 11.3 Å². The highest BCUT2D eigenvalue weighted by Crippen LogP contribution is 2.30. The van der Waals surface area contributed by atoms with Gasteiger partial charge in [-0.3, -0.25) is 4.79 Å². The normalized spacial score (nSPS) is 25.8. The maximum atomic E-state index is 12.0. The van der Waals surface area contributed by atoms with Gasteiger partial charge in [-0.25, -0.2) is 0 Å². The number of halogens is 1. The molecule has 0 amide bonds. The summed E-state index contributed by atoms with van der Waals surface area (Å²) in [6.07, 6.45) is 1.85. The van der Waals surface area contributed by atoms with E-state index in [0.717, 1.165) is 27.1 Å². The van der Waals surface area contributed by atoms with Crippen LogP contribution in [0.4, 0.5) is 0 Å². The zero-order valence-electron chi connectivity index (χ0n) is 8.75. The molecule has 82 valence electrons. The number of Topliss-reactive ketones (excluding diaryl/α,β-unsaturated/α-hetero) is 1. The van der Waals surface area contributed by atoms with Crippen molar-refractivity contribution in [2.24, 2.45) is 0 Å². The molecule has 0 saturated carbocycles. The number of carbonyl (C=O) groups is 1. The van der Waals surface area contributed by atoms with Crippen LogP contribution in [0.2, 0.25) is 0 Å². The quantitative estimate of drug-likeness (QED) is 0.778. The largest absolute Gasteiger partial charge is 0.367 e. The van der Waals surface area contributed by atoms with Crippen LogP contribution in [0.1, 0.15) is 35.0 Å². The molecule has 0 bridgehead atoms. The molecule has 2 unspecified atom stereocenters. The van der Waals surface area contributed by atoms with Crippen molar-refractivity contribution in [1.82, 2.24) is 0 Å². The van der Waals surface area contributed by atoms with E-state index in [0.29, 0.717) is 0 Å². The second kappa shape index (κ2) is 4.36. The number of ketones is 1. The van der Waals surface area contributed by atoms with Crippen molar-refractivity contribution in [2.45, 2.75) is 38.9 Å². The maximum Gasteiger partial charge on any atom is 0.201 e. The summed E-state index contributed by atoms with van der Waals surface area (Å²) >= 11 is 4.93. The summed E-state index contributed by atoms with van der Waals surface area (Å²) in [6.45, 7) is 4.01. The number of hydrogen-bond donors (Lipinski definition) is 0. The number of thiophene rings is 1. The highest BCUT2D eigenvalue weighted by Gasteiger charge is 2.29. The van der Waals surface area contributed by atoms with Gasteiger partial charge in [0.2, 0.25) is 5.78 Å². The van der Waals surface area contributed by atoms with E-state index in [2.05, 4.69) is 15.9 Å². The first-order chi connectivity index (χ1) is 7.08. The smallest absolute Gasteiger partial charge is 0.201 e. The average molecular weight is 289 g/mol. The summed E-state index contributed by atoms with van der Waals surface area (Å²) in [4.78, 5) is 12.8. The van der Waals surface area contributed by atoms with E-state index in [1.54, 1.807) is 0 Å². The van der Waals surface area contributed by atoms with Crippen molar-refractivity contribution < 1.29 is 9.53 Å². The van der Waals surface area contributed by atoms with Crippen LogP contribution < -0.4 is 0 Å². The Kier molecular flexibility index (Phi) is 3.28. The van der Waals surface area contributed by atoms with Crippen LogP contribution in [0.3, 0.4) is 0 Å². The molecule has 1 aliphatic heterocycles. The summed E-state index contributed by atoms with van der Waals surface area (Å²) in [5.74, 6) is 0.137. The van der Waals surface area contributed by atoms with Crippen molar-refractivity contribution in [3.8, 4) is 0 Å². The van der Waals surface area contributed by atoms with Crippen molar-refractivity contribution >= 4 is 33.0 Å². The fourth-order valence-electron chi connectivity index (χ4n) is 1.74. The average Bonchev–Trinajstić information content (AvgIpc) is 2.74. The summed E-state index contributed by atoms with van der Waals surface area (Å²) in [6, 6.07) is 1.93.